The predicted molar refractivity (Wildman–Crippen MR) is 82.9 cm³/mol. The molecule has 3 N–H and O–H groups in total. The first-order valence-corrected chi connectivity index (χ1v) is 7.53. The summed E-state index contributed by atoms with van der Waals surface area (Å²) in [5, 5.41) is 0. The summed E-state index contributed by atoms with van der Waals surface area (Å²) >= 11 is 0. The first-order chi connectivity index (χ1) is 10.2. The number of nitrogens with zero attached hydrogens (tertiary/aromatic N) is 2. The molecule has 0 spiro atoms. The number of carbonyl (C=O) groups is 1. The molecular weight excluding hydrogens is 264 g/mol. The van der Waals surface area contributed by atoms with E-state index in [-0.39, 0.29) is 11.9 Å². The molecule has 1 aliphatic rings. The Labute approximate surface area is 124 Å². The second-order valence-electron chi connectivity index (χ2n) is 5.75. The van der Waals surface area contributed by atoms with E-state index in [1.54, 1.807) is 12.3 Å². The Hall–Kier alpha value is -2.17. The molecular formula is C16H22N4O. The van der Waals surface area contributed by atoms with Gasteiger partial charge in [-0.25, -0.2) is 0 Å². The lowest BCUT2D eigenvalue weighted by Gasteiger charge is -2.30. The molecule has 3 rings (SSSR count). The minimum Gasteiger partial charge on any atom is -0.397 e. The van der Waals surface area contributed by atoms with Gasteiger partial charge >= 0.3 is 0 Å². The van der Waals surface area contributed by atoms with Crippen molar-refractivity contribution >= 4 is 11.6 Å². The molecule has 0 aliphatic carbocycles. The molecule has 1 unspecified atom stereocenters. The number of nitrogens with one attached hydrogen (secondary N) is 1. The lowest BCUT2D eigenvalue weighted by Crippen LogP contribution is -2.35. The Morgan fingerprint density at radius 1 is 1.38 bits per heavy atom. The van der Waals surface area contributed by atoms with Crippen molar-refractivity contribution in [3.05, 3.63) is 42.0 Å². The second-order valence-corrected chi connectivity index (χ2v) is 5.75. The van der Waals surface area contributed by atoms with Gasteiger partial charge in [0.25, 0.3) is 5.91 Å². The topological polar surface area (TPSA) is 67.1 Å². The highest BCUT2D eigenvalue weighted by Gasteiger charge is 2.29. The highest BCUT2D eigenvalue weighted by molar-refractivity contribution is 5.93. The van der Waals surface area contributed by atoms with E-state index < -0.39 is 0 Å². The fourth-order valence-corrected chi connectivity index (χ4v) is 3.17. The van der Waals surface area contributed by atoms with E-state index in [1.165, 1.54) is 12.1 Å². The highest BCUT2D eigenvalue weighted by atomic mass is 16.2. The van der Waals surface area contributed by atoms with Crippen molar-refractivity contribution in [3.8, 4) is 0 Å². The average molecular weight is 286 g/mol. The van der Waals surface area contributed by atoms with Crippen LogP contribution in [0.25, 0.3) is 0 Å². The molecule has 0 bridgehead atoms. The summed E-state index contributed by atoms with van der Waals surface area (Å²) in [5.74, 6) is 0.0415. The van der Waals surface area contributed by atoms with E-state index in [1.807, 2.05) is 24.2 Å². The van der Waals surface area contributed by atoms with Crippen LogP contribution in [0.4, 0.5) is 5.69 Å². The maximum Gasteiger partial charge on any atom is 0.270 e. The first kappa shape index (κ1) is 13.8. The monoisotopic (exact) mass is 286 g/mol. The lowest BCUT2D eigenvalue weighted by molar-refractivity contribution is 0.0669. The van der Waals surface area contributed by atoms with Gasteiger partial charge in [0.2, 0.25) is 0 Å². The molecule has 1 aliphatic heterocycles. The fraction of sp³-hybridized carbons (Fsp3) is 0.438. The number of H-pyrrole nitrogens is 1. The maximum absolute atomic E-state index is 12.8. The summed E-state index contributed by atoms with van der Waals surface area (Å²) in [7, 11) is 2.04. The van der Waals surface area contributed by atoms with Crippen LogP contribution in [0.15, 0.2) is 30.6 Å². The van der Waals surface area contributed by atoms with E-state index in [0.717, 1.165) is 25.8 Å². The van der Waals surface area contributed by atoms with Gasteiger partial charge < -0.3 is 20.2 Å². The van der Waals surface area contributed by atoms with Crippen LogP contribution in [-0.2, 0) is 7.05 Å². The van der Waals surface area contributed by atoms with Crippen LogP contribution in [0.5, 0.6) is 0 Å². The number of anilines is 1. The number of nitrogen functional groups attached to an aromatic ring is 1. The third-order valence-corrected chi connectivity index (χ3v) is 4.27. The van der Waals surface area contributed by atoms with Gasteiger partial charge in [0.05, 0.1) is 6.04 Å². The molecule has 5 nitrogen and oxygen atoms in total. The second kappa shape index (κ2) is 5.68. The standard InChI is InChI=1S/C16H22N4O/c1-19-8-5-7-14(19)15-6-3-2-4-9-20(15)16(21)13-10-12(17)11-18-13/h5,7-8,10-11,15,18H,2-4,6,9,17H2,1H3. The Balaban J connectivity index is 1.92. The van der Waals surface area contributed by atoms with Crippen molar-refractivity contribution in [2.24, 2.45) is 7.05 Å². The van der Waals surface area contributed by atoms with Crippen LogP contribution < -0.4 is 5.73 Å². The number of carbonyl (C=O) groups excluding carboxylic acids is 1. The van der Waals surface area contributed by atoms with Gasteiger partial charge in [0.1, 0.15) is 5.69 Å². The van der Waals surface area contributed by atoms with Crippen molar-refractivity contribution in [1.29, 1.82) is 0 Å². The van der Waals surface area contributed by atoms with Crippen LogP contribution in [0.2, 0.25) is 0 Å². The molecule has 1 atom stereocenters. The number of aryl methyl sites for hydroxylation is 1. The molecule has 1 amide bonds. The molecule has 2 aromatic rings. The number of amides is 1. The van der Waals surface area contributed by atoms with Crippen molar-refractivity contribution in [2.75, 3.05) is 12.3 Å². The zero-order valence-corrected chi connectivity index (χ0v) is 12.4. The molecule has 0 saturated carbocycles. The number of rotatable bonds is 2. The number of aromatic nitrogens is 2. The van der Waals surface area contributed by atoms with E-state index in [2.05, 4.69) is 15.6 Å². The summed E-state index contributed by atoms with van der Waals surface area (Å²) in [4.78, 5) is 17.8. The van der Waals surface area contributed by atoms with Gasteiger partial charge in [0.15, 0.2) is 0 Å². The molecule has 0 radical (unpaired) electrons. The minimum absolute atomic E-state index is 0.0415. The Morgan fingerprint density at radius 3 is 2.90 bits per heavy atom. The van der Waals surface area contributed by atoms with Crippen LogP contribution in [0, 0.1) is 0 Å². The predicted octanol–water partition coefficient (Wildman–Crippen LogP) is 2.69. The van der Waals surface area contributed by atoms with Crippen molar-refractivity contribution < 1.29 is 4.79 Å². The average Bonchev–Trinajstić information content (AvgIpc) is 3.00. The van der Waals surface area contributed by atoms with Gasteiger partial charge in [-0.15, -0.1) is 0 Å². The Morgan fingerprint density at radius 2 is 2.24 bits per heavy atom. The fourth-order valence-electron chi connectivity index (χ4n) is 3.17. The van der Waals surface area contributed by atoms with E-state index in [0.29, 0.717) is 11.4 Å². The number of hydrogen-bond acceptors (Lipinski definition) is 2. The molecule has 21 heavy (non-hydrogen) atoms. The summed E-state index contributed by atoms with van der Waals surface area (Å²) in [6, 6.07) is 6.01. The molecule has 1 fully saturated rings. The molecule has 2 aromatic heterocycles. The largest absolute Gasteiger partial charge is 0.397 e. The normalized spacial score (nSPS) is 19.5. The van der Waals surface area contributed by atoms with Gasteiger partial charge in [-0.2, -0.15) is 0 Å². The summed E-state index contributed by atoms with van der Waals surface area (Å²) in [5.41, 5.74) is 8.10. The summed E-state index contributed by atoms with van der Waals surface area (Å²) < 4.78 is 2.11. The van der Waals surface area contributed by atoms with Crippen molar-refractivity contribution in [1.82, 2.24) is 14.5 Å². The number of aromatic amines is 1. The number of likely N-dealkylation sites (tertiary alicyclic amines) is 1. The van der Waals surface area contributed by atoms with Crippen LogP contribution in [0.3, 0.4) is 0 Å². The molecule has 1 saturated heterocycles. The van der Waals surface area contributed by atoms with Crippen molar-refractivity contribution in [3.63, 3.8) is 0 Å². The quantitative estimate of drug-likeness (QED) is 0.891. The zero-order valence-electron chi connectivity index (χ0n) is 12.4. The van der Waals surface area contributed by atoms with Gasteiger partial charge in [0, 0.05) is 37.4 Å². The molecule has 3 heterocycles. The van der Waals surface area contributed by atoms with Crippen LogP contribution in [0.1, 0.15) is 47.9 Å². The Kier molecular flexibility index (Phi) is 3.73. The first-order valence-electron chi connectivity index (χ1n) is 7.53. The van der Waals surface area contributed by atoms with E-state index >= 15 is 0 Å². The molecule has 5 heteroatoms. The van der Waals surface area contributed by atoms with Crippen LogP contribution >= 0.6 is 0 Å². The SMILES string of the molecule is Cn1cccc1C1CCCCCN1C(=O)c1cc(N)c[nH]1. The van der Waals surface area contributed by atoms with Gasteiger partial charge in [-0.1, -0.05) is 12.8 Å². The Bertz CT molecular complexity index is 628. The maximum atomic E-state index is 12.8. The number of hydrogen-bond donors (Lipinski definition) is 2. The third kappa shape index (κ3) is 2.68. The lowest BCUT2D eigenvalue weighted by atomic mass is 10.1. The third-order valence-electron chi connectivity index (χ3n) is 4.27. The van der Waals surface area contributed by atoms with Gasteiger partial charge in [-0.3, -0.25) is 4.79 Å². The van der Waals surface area contributed by atoms with Crippen LogP contribution in [-0.4, -0.2) is 26.9 Å². The highest BCUT2D eigenvalue weighted by Crippen LogP contribution is 2.31. The van der Waals surface area contributed by atoms with E-state index in [9.17, 15) is 4.79 Å². The van der Waals surface area contributed by atoms with Crippen molar-refractivity contribution in [2.45, 2.75) is 31.7 Å². The zero-order chi connectivity index (χ0) is 14.8. The summed E-state index contributed by atoms with van der Waals surface area (Å²) in [6.07, 6.45) is 8.12. The van der Waals surface area contributed by atoms with Gasteiger partial charge in [-0.05, 0) is 31.0 Å². The van der Waals surface area contributed by atoms with E-state index in [4.69, 9.17) is 5.73 Å². The molecule has 0 aromatic carbocycles. The smallest absolute Gasteiger partial charge is 0.270 e. The summed E-state index contributed by atoms with van der Waals surface area (Å²) in [6.45, 7) is 0.799. The number of nitrogens with two attached hydrogens (primary N) is 1. The minimum atomic E-state index is 0.0415. The molecule has 112 valence electrons.